The van der Waals surface area contributed by atoms with Gasteiger partial charge in [0.05, 0.1) is 0 Å². The SMILES string of the molecule is CC(C)Cc1nc(-c2cccc(CN3CCN(C(=O)C4(C(N)=O)CC4)CC3)c2)no1. The first-order valence-corrected chi connectivity index (χ1v) is 10.6. The second-order valence-electron chi connectivity index (χ2n) is 8.82. The van der Waals surface area contributed by atoms with E-state index >= 15 is 0 Å². The Morgan fingerprint density at radius 1 is 1.20 bits per heavy atom. The maximum absolute atomic E-state index is 12.6. The molecule has 1 aromatic heterocycles. The Balaban J connectivity index is 1.35. The van der Waals surface area contributed by atoms with Gasteiger partial charge in [-0.15, -0.1) is 0 Å². The number of carbonyl (C=O) groups excluding carboxylic acids is 2. The highest BCUT2D eigenvalue weighted by Crippen LogP contribution is 2.47. The summed E-state index contributed by atoms with van der Waals surface area (Å²) in [6.07, 6.45) is 1.94. The van der Waals surface area contributed by atoms with Crippen molar-refractivity contribution in [1.29, 1.82) is 0 Å². The average molecular weight is 412 g/mol. The highest BCUT2D eigenvalue weighted by atomic mass is 16.5. The van der Waals surface area contributed by atoms with Crippen LogP contribution in [0.5, 0.6) is 0 Å². The lowest BCUT2D eigenvalue weighted by atomic mass is 10.0. The van der Waals surface area contributed by atoms with Crippen LogP contribution >= 0.6 is 0 Å². The number of hydrogen-bond acceptors (Lipinski definition) is 6. The lowest BCUT2D eigenvalue weighted by Gasteiger charge is -2.36. The molecule has 2 N–H and O–H groups in total. The van der Waals surface area contributed by atoms with Gasteiger partial charge >= 0.3 is 0 Å². The summed E-state index contributed by atoms with van der Waals surface area (Å²) in [6, 6.07) is 8.17. The zero-order valence-corrected chi connectivity index (χ0v) is 17.6. The number of rotatable bonds is 7. The number of aromatic nitrogens is 2. The molecule has 1 aromatic carbocycles. The standard InChI is InChI=1S/C22H29N5O3/c1-15(2)12-18-24-19(25-30-18)17-5-3-4-16(13-17)14-26-8-10-27(11-9-26)21(29)22(6-7-22)20(23)28/h3-5,13,15H,6-12,14H2,1-2H3,(H2,23,28). The zero-order valence-electron chi connectivity index (χ0n) is 17.6. The Labute approximate surface area is 176 Å². The highest BCUT2D eigenvalue weighted by Gasteiger charge is 2.57. The van der Waals surface area contributed by atoms with Gasteiger partial charge in [-0.05, 0) is 30.4 Å². The number of benzene rings is 1. The van der Waals surface area contributed by atoms with Crippen molar-refractivity contribution in [2.24, 2.45) is 17.1 Å². The number of nitrogens with zero attached hydrogens (tertiary/aromatic N) is 4. The lowest BCUT2D eigenvalue weighted by molar-refractivity contribution is -0.144. The first kappa shape index (κ1) is 20.5. The molecule has 160 valence electrons. The van der Waals surface area contributed by atoms with Crippen LogP contribution in [0.15, 0.2) is 28.8 Å². The van der Waals surface area contributed by atoms with Gasteiger partial charge in [-0.3, -0.25) is 14.5 Å². The third-order valence-electron chi connectivity index (χ3n) is 5.93. The molecule has 0 spiro atoms. The van der Waals surface area contributed by atoms with Crippen molar-refractivity contribution < 1.29 is 14.1 Å². The van der Waals surface area contributed by atoms with Crippen molar-refractivity contribution in [3.8, 4) is 11.4 Å². The first-order valence-electron chi connectivity index (χ1n) is 10.6. The van der Waals surface area contributed by atoms with Gasteiger partial charge in [0, 0.05) is 44.7 Å². The lowest BCUT2D eigenvalue weighted by Crippen LogP contribution is -2.52. The first-order chi connectivity index (χ1) is 14.4. The number of piperazine rings is 1. The fourth-order valence-corrected chi connectivity index (χ4v) is 3.97. The van der Waals surface area contributed by atoms with Crippen LogP contribution < -0.4 is 5.73 Å². The Hall–Kier alpha value is -2.74. The topological polar surface area (TPSA) is 106 Å². The quantitative estimate of drug-likeness (QED) is 0.697. The van der Waals surface area contributed by atoms with Gasteiger partial charge in [-0.25, -0.2) is 0 Å². The molecule has 0 radical (unpaired) electrons. The maximum atomic E-state index is 12.6. The monoisotopic (exact) mass is 411 g/mol. The van der Waals surface area contributed by atoms with Crippen molar-refractivity contribution in [3.05, 3.63) is 35.7 Å². The van der Waals surface area contributed by atoms with Crippen molar-refractivity contribution in [1.82, 2.24) is 19.9 Å². The molecular weight excluding hydrogens is 382 g/mol. The minimum Gasteiger partial charge on any atom is -0.369 e. The summed E-state index contributed by atoms with van der Waals surface area (Å²) in [5.74, 6) is 1.17. The smallest absolute Gasteiger partial charge is 0.238 e. The molecular formula is C22H29N5O3. The van der Waals surface area contributed by atoms with Crippen LogP contribution in [0.1, 0.15) is 38.1 Å². The summed E-state index contributed by atoms with van der Waals surface area (Å²) in [7, 11) is 0. The molecule has 2 aliphatic rings. The van der Waals surface area contributed by atoms with E-state index in [1.807, 2.05) is 12.1 Å². The molecule has 2 aromatic rings. The Morgan fingerprint density at radius 2 is 1.93 bits per heavy atom. The Kier molecular flexibility index (Phi) is 5.60. The molecule has 0 unspecified atom stereocenters. The van der Waals surface area contributed by atoms with Gasteiger partial charge in [-0.2, -0.15) is 4.98 Å². The van der Waals surface area contributed by atoms with Crippen molar-refractivity contribution in [2.75, 3.05) is 26.2 Å². The van der Waals surface area contributed by atoms with E-state index in [4.69, 9.17) is 10.3 Å². The third kappa shape index (κ3) is 4.23. The van der Waals surface area contributed by atoms with Crippen LogP contribution in [0, 0.1) is 11.3 Å². The fourth-order valence-electron chi connectivity index (χ4n) is 3.97. The largest absolute Gasteiger partial charge is 0.369 e. The molecule has 4 rings (SSSR count). The van der Waals surface area contributed by atoms with Crippen LogP contribution in [0.3, 0.4) is 0 Å². The molecule has 1 saturated carbocycles. The summed E-state index contributed by atoms with van der Waals surface area (Å²) in [5, 5.41) is 4.12. The molecule has 2 heterocycles. The van der Waals surface area contributed by atoms with Crippen LogP contribution in [-0.2, 0) is 22.6 Å². The molecule has 1 aliphatic heterocycles. The fraction of sp³-hybridized carbons (Fsp3) is 0.545. The molecule has 8 heteroatoms. The third-order valence-corrected chi connectivity index (χ3v) is 5.93. The summed E-state index contributed by atoms with van der Waals surface area (Å²) in [5.41, 5.74) is 6.63. The average Bonchev–Trinajstić information content (AvgIpc) is 3.42. The Morgan fingerprint density at radius 3 is 2.57 bits per heavy atom. The van der Waals surface area contributed by atoms with E-state index in [9.17, 15) is 9.59 Å². The summed E-state index contributed by atoms with van der Waals surface area (Å²) in [4.78, 5) is 32.9. The van der Waals surface area contributed by atoms with Gasteiger partial charge in [0.15, 0.2) is 0 Å². The molecule has 1 aliphatic carbocycles. The van der Waals surface area contributed by atoms with Gasteiger partial charge in [-0.1, -0.05) is 37.2 Å². The van der Waals surface area contributed by atoms with Crippen LogP contribution in [0.25, 0.3) is 11.4 Å². The van der Waals surface area contributed by atoms with Crippen molar-refractivity contribution in [2.45, 2.75) is 39.7 Å². The van der Waals surface area contributed by atoms with E-state index in [1.165, 1.54) is 5.56 Å². The number of nitrogens with two attached hydrogens (primary N) is 1. The van der Waals surface area contributed by atoms with E-state index in [1.54, 1.807) is 4.90 Å². The number of carbonyl (C=O) groups is 2. The van der Waals surface area contributed by atoms with Crippen LogP contribution in [-0.4, -0.2) is 57.9 Å². The molecule has 2 fully saturated rings. The predicted molar refractivity (Wildman–Crippen MR) is 111 cm³/mol. The van der Waals surface area contributed by atoms with E-state index in [-0.39, 0.29) is 5.91 Å². The molecule has 8 nitrogen and oxygen atoms in total. The normalized spacial score (nSPS) is 18.6. The van der Waals surface area contributed by atoms with Gasteiger partial charge in [0.2, 0.25) is 23.5 Å². The van der Waals surface area contributed by atoms with Crippen LogP contribution in [0.4, 0.5) is 0 Å². The molecule has 30 heavy (non-hydrogen) atoms. The number of amides is 2. The van der Waals surface area contributed by atoms with Crippen molar-refractivity contribution in [3.63, 3.8) is 0 Å². The summed E-state index contributed by atoms with van der Waals surface area (Å²) < 4.78 is 5.36. The number of hydrogen-bond donors (Lipinski definition) is 1. The molecule has 0 bridgehead atoms. The minimum absolute atomic E-state index is 0.0917. The molecule has 2 amide bonds. The van der Waals surface area contributed by atoms with Gasteiger partial charge in [0.25, 0.3) is 0 Å². The second kappa shape index (κ2) is 8.18. The Bertz CT molecular complexity index is 926. The number of primary amides is 1. The van der Waals surface area contributed by atoms with E-state index in [0.717, 1.165) is 31.6 Å². The van der Waals surface area contributed by atoms with Crippen LogP contribution in [0.2, 0.25) is 0 Å². The van der Waals surface area contributed by atoms with E-state index in [0.29, 0.717) is 43.6 Å². The van der Waals surface area contributed by atoms with E-state index < -0.39 is 11.3 Å². The second-order valence-corrected chi connectivity index (χ2v) is 8.82. The highest BCUT2D eigenvalue weighted by molar-refractivity contribution is 6.07. The van der Waals surface area contributed by atoms with E-state index in [2.05, 4.69) is 41.0 Å². The summed E-state index contributed by atoms with van der Waals surface area (Å²) in [6.45, 7) is 7.81. The molecule has 0 atom stereocenters. The van der Waals surface area contributed by atoms with Gasteiger partial charge in [0.1, 0.15) is 5.41 Å². The van der Waals surface area contributed by atoms with Crippen molar-refractivity contribution >= 4 is 11.8 Å². The zero-order chi connectivity index (χ0) is 21.3. The van der Waals surface area contributed by atoms with Gasteiger partial charge < -0.3 is 15.2 Å². The molecule has 1 saturated heterocycles. The summed E-state index contributed by atoms with van der Waals surface area (Å²) >= 11 is 0. The minimum atomic E-state index is -0.921. The predicted octanol–water partition coefficient (Wildman–Crippen LogP) is 1.84. The maximum Gasteiger partial charge on any atom is 0.238 e.